The number of hydrogen-bond donors (Lipinski definition) is 2. The highest BCUT2D eigenvalue weighted by Crippen LogP contribution is 2.37. The van der Waals surface area contributed by atoms with E-state index in [-0.39, 0.29) is 36.8 Å². The molecule has 0 aliphatic heterocycles. The first-order chi connectivity index (χ1) is 15.3. The third-order valence-corrected chi connectivity index (χ3v) is 6.85. The molecule has 1 atom stereocenters. The van der Waals surface area contributed by atoms with Crippen LogP contribution in [0.3, 0.4) is 0 Å². The SMILES string of the molecule is O=C(NC(C(=O)O)C1CCCC1)c1ccc2ccccc2c1OCC1CCC(F)(F)CC1. The predicted molar refractivity (Wildman–Crippen MR) is 117 cm³/mol. The average Bonchev–Trinajstić information content (AvgIpc) is 3.30. The van der Waals surface area contributed by atoms with Crippen LogP contribution in [0.4, 0.5) is 8.78 Å². The first kappa shape index (κ1) is 22.5. The van der Waals surface area contributed by atoms with Crippen LogP contribution >= 0.6 is 0 Å². The number of nitrogens with one attached hydrogen (secondary N) is 1. The van der Waals surface area contributed by atoms with Crippen LogP contribution in [0, 0.1) is 11.8 Å². The molecule has 2 N–H and O–H groups in total. The van der Waals surface area contributed by atoms with E-state index in [4.69, 9.17) is 4.74 Å². The molecule has 5 nitrogen and oxygen atoms in total. The summed E-state index contributed by atoms with van der Waals surface area (Å²) in [6.07, 6.45) is 3.96. The molecule has 4 rings (SSSR count). The standard InChI is InChI=1S/C25H29F2NO4/c26-25(27)13-11-16(12-14-25)15-32-22-19-8-4-3-5-17(19)9-10-20(22)23(29)28-21(24(30)31)18-6-1-2-7-18/h3-5,8-10,16,18,21H,1-2,6-7,11-15H2,(H,28,29)(H,30,31). The van der Waals surface area contributed by atoms with Gasteiger partial charge in [0.15, 0.2) is 0 Å². The van der Waals surface area contributed by atoms with Crippen molar-refractivity contribution >= 4 is 22.6 Å². The summed E-state index contributed by atoms with van der Waals surface area (Å²) in [5, 5.41) is 14.0. The van der Waals surface area contributed by atoms with E-state index in [1.165, 1.54) is 0 Å². The number of carbonyl (C=O) groups is 2. The molecule has 32 heavy (non-hydrogen) atoms. The van der Waals surface area contributed by atoms with Gasteiger partial charge >= 0.3 is 5.97 Å². The Morgan fingerprint density at radius 3 is 2.44 bits per heavy atom. The van der Waals surface area contributed by atoms with Crippen molar-refractivity contribution in [1.82, 2.24) is 5.32 Å². The molecule has 0 radical (unpaired) electrons. The molecule has 0 bridgehead atoms. The average molecular weight is 446 g/mol. The number of hydrogen-bond acceptors (Lipinski definition) is 3. The number of alkyl halides is 2. The zero-order chi connectivity index (χ0) is 22.7. The van der Waals surface area contributed by atoms with Gasteiger partial charge < -0.3 is 15.2 Å². The van der Waals surface area contributed by atoms with Crippen LogP contribution in [-0.2, 0) is 4.79 Å². The molecule has 2 aliphatic carbocycles. The fraction of sp³-hybridized carbons (Fsp3) is 0.520. The number of benzene rings is 2. The van der Waals surface area contributed by atoms with Crippen molar-refractivity contribution in [1.29, 1.82) is 0 Å². The molecule has 0 aromatic heterocycles. The van der Waals surface area contributed by atoms with E-state index in [2.05, 4.69) is 5.32 Å². The van der Waals surface area contributed by atoms with Crippen molar-refractivity contribution in [2.45, 2.75) is 63.3 Å². The topological polar surface area (TPSA) is 75.6 Å². The number of carboxylic acids is 1. The van der Waals surface area contributed by atoms with Crippen LogP contribution in [0.5, 0.6) is 5.75 Å². The zero-order valence-electron chi connectivity index (χ0n) is 18.0. The second-order valence-corrected chi connectivity index (χ2v) is 9.11. The molecule has 2 aromatic carbocycles. The lowest BCUT2D eigenvalue weighted by Gasteiger charge is -2.28. The smallest absolute Gasteiger partial charge is 0.326 e. The van der Waals surface area contributed by atoms with Crippen molar-refractivity contribution in [3.05, 3.63) is 42.0 Å². The van der Waals surface area contributed by atoms with Crippen LogP contribution in [0.25, 0.3) is 10.8 Å². The molecule has 0 spiro atoms. The maximum Gasteiger partial charge on any atom is 0.326 e. The Kier molecular flexibility index (Phi) is 6.63. The van der Waals surface area contributed by atoms with Gasteiger partial charge in [-0.3, -0.25) is 4.79 Å². The highest BCUT2D eigenvalue weighted by molar-refractivity contribution is 6.04. The Morgan fingerprint density at radius 2 is 1.75 bits per heavy atom. The normalized spacial score (nSPS) is 20.2. The number of fused-ring (bicyclic) bond motifs is 1. The summed E-state index contributed by atoms with van der Waals surface area (Å²) in [4.78, 5) is 25.0. The number of ether oxygens (including phenoxy) is 1. The number of carbonyl (C=O) groups excluding carboxylic acids is 1. The Hall–Kier alpha value is -2.70. The van der Waals surface area contributed by atoms with Gasteiger partial charge in [0, 0.05) is 18.2 Å². The van der Waals surface area contributed by atoms with Crippen molar-refractivity contribution in [2.75, 3.05) is 6.61 Å². The van der Waals surface area contributed by atoms with Crippen LogP contribution in [0.1, 0.15) is 61.7 Å². The maximum atomic E-state index is 13.5. The first-order valence-electron chi connectivity index (χ1n) is 11.4. The van der Waals surface area contributed by atoms with Crippen LogP contribution in [0.2, 0.25) is 0 Å². The maximum absolute atomic E-state index is 13.5. The van der Waals surface area contributed by atoms with E-state index in [0.717, 1.165) is 36.5 Å². The number of amides is 1. The number of halogens is 2. The Morgan fingerprint density at radius 1 is 1.06 bits per heavy atom. The summed E-state index contributed by atoms with van der Waals surface area (Å²) in [7, 11) is 0. The summed E-state index contributed by atoms with van der Waals surface area (Å²) < 4.78 is 33.1. The summed E-state index contributed by atoms with van der Waals surface area (Å²) in [5.74, 6) is -3.82. The second kappa shape index (κ2) is 9.43. The molecule has 172 valence electrons. The van der Waals surface area contributed by atoms with Gasteiger partial charge in [0.05, 0.1) is 12.2 Å². The predicted octanol–water partition coefficient (Wildman–Crippen LogP) is 5.42. The lowest BCUT2D eigenvalue weighted by molar-refractivity contribution is -0.140. The highest BCUT2D eigenvalue weighted by Gasteiger charge is 2.36. The van der Waals surface area contributed by atoms with E-state index in [0.29, 0.717) is 18.6 Å². The van der Waals surface area contributed by atoms with Gasteiger partial charge in [-0.05, 0) is 49.0 Å². The summed E-state index contributed by atoms with van der Waals surface area (Å²) in [6, 6.07) is 10.0. The molecule has 7 heteroatoms. The minimum Gasteiger partial charge on any atom is -0.492 e. The quantitative estimate of drug-likeness (QED) is 0.597. The molecule has 1 unspecified atom stereocenters. The number of aliphatic carboxylic acids is 1. The summed E-state index contributed by atoms with van der Waals surface area (Å²) in [5.41, 5.74) is 0.272. The fourth-order valence-electron chi connectivity index (χ4n) is 4.94. The Balaban J connectivity index is 1.56. The summed E-state index contributed by atoms with van der Waals surface area (Å²) in [6.45, 7) is 0.245. The van der Waals surface area contributed by atoms with E-state index >= 15 is 0 Å². The van der Waals surface area contributed by atoms with Crippen molar-refractivity contribution < 1.29 is 28.2 Å². The van der Waals surface area contributed by atoms with Gasteiger partial charge in [0.1, 0.15) is 11.8 Å². The number of carboxylic acid groups (broad SMARTS) is 1. The lowest BCUT2D eigenvalue weighted by Crippen LogP contribution is -2.45. The molecule has 0 heterocycles. The monoisotopic (exact) mass is 445 g/mol. The number of rotatable bonds is 7. The first-order valence-corrected chi connectivity index (χ1v) is 11.4. The summed E-state index contributed by atoms with van der Waals surface area (Å²) >= 11 is 0. The molecule has 2 aliphatic rings. The van der Waals surface area contributed by atoms with E-state index in [1.54, 1.807) is 6.07 Å². The van der Waals surface area contributed by atoms with Gasteiger partial charge in [0.25, 0.3) is 5.91 Å². The molecule has 1 amide bonds. The molecule has 2 saturated carbocycles. The Bertz CT molecular complexity index is 977. The molecule has 2 fully saturated rings. The van der Waals surface area contributed by atoms with E-state index in [1.807, 2.05) is 30.3 Å². The van der Waals surface area contributed by atoms with Gasteiger partial charge in [-0.1, -0.05) is 43.2 Å². The molecule has 0 saturated heterocycles. The van der Waals surface area contributed by atoms with Crippen LogP contribution < -0.4 is 10.1 Å². The minimum absolute atomic E-state index is 0.00485. The van der Waals surface area contributed by atoms with Gasteiger partial charge in [-0.25, -0.2) is 13.6 Å². The molecule has 2 aromatic rings. The van der Waals surface area contributed by atoms with Gasteiger partial charge in [-0.15, -0.1) is 0 Å². The largest absolute Gasteiger partial charge is 0.492 e. The second-order valence-electron chi connectivity index (χ2n) is 9.11. The third-order valence-electron chi connectivity index (χ3n) is 6.85. The minimum atomic E-state index is -2.60. The van der Waals surface area contributed by atoms with Gasteiger partial charge in [-0.2, -0.15) is 0 Å². The third kappa shape index (κ3) is 5.03. The van der Waals surface area contributed by atoms with Crippen LogP contribution in [0.15, 0.2) is 36.4 Å². The highest BCUT2D eigenvalue weighted by atomic mass is 19.3. The van der Waals surface area contributed by atoms with Crippen LogP contribution in [-0.4, -0.2) is 35.6 Å². The fourth-order valence-corrected chi connectivity index (χ4v) is 4.94. The van der Waals surface area contributed by atoms with E-state index in [9.17, 15) is 23.5 Å². The molecular formula is C25H29F2NO4. The van der Waals surface area contributed by atoms with Gasteiger partial charge in [0.2, 0.25) is 5.92 Å². The zero-order valence-corrected chi connectivity index (χ0v) is 18.0. The van der Waals surface area contributed by atoms with E-state index < -0.39 is 23.8 Å². The van der Waals surface area contributed by atoms with Crippen molar-refractivity contribution in [3.8, 4) is 5.75 Å². The molecular weight excluding hydrogens is 416 g/mol. The van der Waals surface area contributed by atoms with Crippen molar-refractivity contribution in [2.24, 2.45) is 11.8 Å². The Labute approximate surface area is 186 Å². The lowest BCUT2D eigenvalue weighted by atomic mass is 9.87. The van der Waals surface area contributed by atoms with Crippen molar-refractivity contribution in [3.63, 3.8) is 0 Å².